The lowest BCUT2D eigenvalue weighted by Crippen LogP contribution is -2.27. The summed E-state index contributed by atoms with van der Waals surface area (Å²) in [6, 6.07) is 23.3. The smallest absolute Gasteiger partial charge is 0.247 e. The number of carbonyl (C=O) groups is 1. The molecule has 238 valence electrons. The van der Waals surface area contributed by atoms with Gasteiger partial charge in [-0.15, -0.1) is 0 Å². The number of rotatable bonds is 9. The number of methoxy groups -OCH3 is 1. The van der Waals surface area contributed by atoms with Crippen molar-refractivity contribution in [2.45, 2.75) is 18.9 Å². The van der Waals surface area contributed by atoms with Gasteiger partial charge in [-0.25, -0.2) is 9.97 Å². The average Bonchev–Trinajstić information content (AvgIpc) is 3.62. The molecule has 8 rings (SSSR count). The normalized spacial score (nSPS) is 19.1. The maximum atomic E-state index is 12.6. The van der Waals surface area contributed by atoms with Crippen molar-refractivity contribution in [3.63, 3.8) is 0 Å². The van der Waals surface area contributed by atoms with Crippen LogP contribution in [-0.4, -0.2) is 65.7 Å². The molecule has 2 aliphatic heterocycles. The van der Waals surface area contributed by atoms with Gasteiger partial charge in [-0.1, -0.05) is 55.1 Å². The van der Waals surface area contributed by atoms with Gasteiger partial charge in [-0.2, -0.15) is 0 Å². The molecular weight excluding hydrogens is 586 g/mol. The number of benzene rings is 3. The average molecular weight is 626 g/mol. The van der Waals surface area contributed by atoms with Gasteiger partial charge in [0.25, 0.3) is 0 Å². The number of hydrogen-bond acceptors (Lipinski definition) is 7. The number of anilines is 4. The molecule has 0 radical (unpaired) electrons. The predicted octanol–water partition coefficient (Wildman–Crippen LogP) is 6.97. The summed E-state index contributed by atoms with van der Waals surface area (Å²) in [4.78, 5) is 27.4. The first-order valence-electron chi connectivity index (χ1n) is 16.4. The zero-order valence-corrected chi connectivity index (χ0v) is 26.8. The minimum absolute atomic E-state index is 0.265. The molecule has 2 aromatic heterocycles. The van der Waals surface area contributed by atoms with Crippen LogP contribution in [0.4, 0.5) is 23.0 Å². The molecule has 1 saturated carbocycles. The Morgan fingerprint density at radius 2 is 1.70 bits per heavy atom. The molecule has 9 nitrogen and oxygen atoms in total. The van der Waals surface area contributed by atoms with Crippen LogP contribution < -0.4 is 20.3 Å². The molecule has 0 spiro atoms. The van der Waals surface area contributed by atoms with Crippen LogP contribution in [0.1, 0.15) is 18.9 Å². The molecule has 9 heteroatoms. The topological polar surface area (TPSA) is 87.5 Å². The van der Waals surface area contributed by atoms with E-state index in [1.807, 2.05) is 36.5 Å². The van der Waals surface area contributed by atoms with Gasteiger partial charge in [-0.05, 0) is 55.5 Å². The van der Waals surface area contributed by atoms with Crippen LogP contribution in [0.3, 0.4) is 0 Å². The van der Waals surface area contributed by atoms with Crippen LogP contribution in [-0.2, 0) is 4.79 Å². The maximum Gasteiger partial charge on any atom is 0.247 e. The molecular formula is C38H39N7O2. The van der Waals surface area contributed by atoms with Crippen LogP contribution >= 0.6 is 0 Å². The number of fused-ring (bicyclic) bond motifs is 2. The van der Waals surface area contributed by atoms with Gasteiger partial charge in [0.05, 0.1) is 29.9 Å². The Morgan fingerprint density at radius 3 is 2.43 bits per heavy atom. The fourth-order valence-electron chi connectivity index (χ4n) is 7.45. The summed E-state index contributed by atoms with van der Waals surface area (Å²) in [7, 11) is 3.85. The number of nitrogens with zero attached hydrogens (tertiary/aromatic N) is 5. The van der Waals surface area contributed by atoms with Gasteiger partial charge in [0.2, 0.25) is 11.9 Å². The van der Waals surface area contributed by atoms with Crippen molar-refractivity contribution in [3.8, 4) is 28.1 Å². The summed E-state index contributed by atoms with van der Waals surface area (Å²) in [5.74, 6) is 2.03. The third-order valence-electron chi connectivity index (χ3n) is 9.83. The predicted molar refractivity (Wildman–Crippen MR) is 188 cm³/mol. The molecule has 2 atom stereocenters. The first kappa shape index (κ1) is 29.3. The highest BCUT2D eigenvalue weighted by Crippen LogP contribution is 2.45. The van der Waals surface area contributed by atoms with Crippen LogP contribution in [0, 0.1) is 11.8 Å². The molecule has 3 aromatic carbocycles. The van der Waals surface area contributed by atoms with Crippen LogP contribution in [0.2, 0.25) is 0 Å². The lowest BCUT2D eigenvalue weighted by molar-refractivity contribution is -0.111. The Balaban J connectivity index is 1.21. The number of carbonyl (C=O) groups excluding carboxylic acids is 1. The van der Waals surface area contributed by atoms with Gasteiger partial charge in [0.1, 0.15) is 5.75 Å². The molecule has 3 aliphatic rings. The van der Waals surface area contributed by atoms with Gasteiger partial charge in [-0.3, -0.25) is 4.79 Å². The molecule has 3 fully saturated rings. The number of likely N-dealkylation sites (tertiary alicyclic amines) is 1. The molecule has 5 aromatic rings. The second kappa shape index (κ2) is 11.9. The van der Waals surface area contributed by atoms with Crippen LogP contribution in [0.25, 0.3) is 33.3 Å². The Hall–Kier alpha value is -5.15. The number of hydrogen-bond donors (Lipinski definition) is 2. The monoisotopic (exact) mass is 625 g/mol. The molecule has 0 unspecified atom stereocenters. The fourth-order valence-corrected chi connectivity index (χ4v) is 7.45. The Kier molecular flexibility index (Phi) is 7.41. The van der Waals surface area contributed by atoms with E-state index in [1.165, 1.54) is 29.8 Å². The lowest BCUT2D eigenvalue weighted by Gasteiger charge is -2.26. The summed E-state index contributed by atoms with van der Waals surface area (Å²) >= 11 is 0. The number of aromatic nitrogens is 3. The highest BCUT2D eigenvalue weighted by Gasteiger charge is 2.39. The number of nitrogens with one attached hydrogen (secondary N) is 2. The van der Waals surface area contributed by atoms with Gasteiger partial charge >= 0.3 is 0 Å². The van der Waals surface area contributed by atoms with Gasteiger partial charge < -0.3 is 29.7 Å². The number of amides is 1. The lowest BCUT2D eigenvalue weighted by atomic mass is 10.0. The molecule has 2 N–H and O–H groups in total. The molecule has 0 bridgehead atoms. The standard InChI is InChI=1S/C38H39N7O2/c1-4-36(46)40-31-16-32(35(47-3)17-34(31)44-21-25-19-43(2)20-26(25)22-44)41-38-39-18-29(24-10-6-5-7-11-24)37(42-38)30-23-45(27-14-15-27)33-13-9-8-12-28(30)33/h4-13,16-18,23,25-27H,1,14-15,19-22H2,2-3H3,(H,40,46)(H,39,41,42)/t25-,26+. The highest BCUT2D eigenvalue weighted by atomic mass is 16.5. The third kappa shape index (κ3) is 5.50. The summed E-state index contributed by atoms with van der Waals surface area (Å²) in [6.45, 7) is 7.72. The fraction of sp³-hybridized carbons (Fsp3) is 0.289. The Labute approximate surface area is 274 Å². The molecule has 1 amide bonds. The van der Waals surface area contributed by atoms with Gasteiger partial charge in [0, 0.05) is 72.7 Å². The first-order chi connectivity index (χ1) is 23.0. The summed E-state index contributed by atoms with van der Waals surface area (Å²) in [6.07, 6.45) is 7.82. The summed E-state index contributed by atoms with van der Waals surface area (Å²) in [5.41, 5.74) is 7.45. The van der Waals surface area contributed by atoms with E-state index in [9.17, 15) is 4.79 Å². The largest absolute Gasteiger partial charge is 0.494 e. The highest BCUT2D eigenvalue weighted by molar-refractivity contribution is 6.02. The Bertz CT molecular complexity index is 1970. The minimum Gasteiger partial charge on any atom is -0.494 e. The van der Waals surface area contributed by atoms with Crippen LogP contribution in [0.15, 0.2) is 91.8 Å². The Morgan fingerprint density at radius 1 is 0.957 bits per heavy atom. The van der Waals surface area contributed by atoms with Gasteiger partial charge in [0.15, 0.2) is 0 Å². The SMILES string of the molecule is C=CC(=O)Nc1cc(Nc2ncc(-c3ccccc3)c(-c3cn(C4CC4)c4ccccc34)n2)c(OC)cc1N1C[C@H]2CN(C)C[C@H]2C1. The number of para-hydroxylation sites is 1. The van der Waals surface area contributed by atoms with Crippen molar-refractivity contribution < 1.29 is 9.53 Å². The van der Waals surface area contributed by atoms with E-state index >= 15 is 0 Å². The third-order valence-corrected chi connectivity index (χ3v) is 9.83. The maximum absolute atomic E-state index is 12.6. The number of ether oxygens (including phenoxy) is 1. The zero-order chi connectivity index (χ0) is 32.1. The molecule has 47 heavy (non-hydrogen) atoms. The zero-order valence-electron chi connectivity index (χ0n) is 26.8. The van der Waals surface area contributed by atoms with Crippen molar-refractivity contribution in [1.29, 1.82) is 0 Å². The minimum atomic E-state index is -0.265. The molecule has 4 heterocycles. The summed E-state index contributed by atoms with van der Waals surface area (Å²) < 4.78 is 8.33. The van der Waals surface area contributed by atoms with E-state index in [4.69, 9.17) is 14.7 Å². The van der Waals surface area contributed by atoms with E-state index < -0.39 is 0 Å². The quantitative estimate of drug-likeness (QED) is 0.171. The molecule has 2 saturated heterocycles. The van der Waals surface area contributed by atoms with E-state index in [2.05, 4.69) is 81.2 Å². The van der Waals surface area contributed by atoms with E-state index in [0.717, 1.165) is 54.3 Å². The van der Waals surface area contributed by atoms with Crippen molar-refractivity contribution in [1.82, 2.24) is 19.4 Å². The van der Waals surface area contributed by atoms with Crippen molar-refractivity contribution >= 4 is 39.8 Å². The van der Waals surface area contributed by atoms with E-state index in [-0.39, 0.29) is 5.91 Å². The first-order valence-corrected chi connectivity index (χ1v) is 16.4. The second-order valence-electron chi connectivity index (χ2n) is 13.1. The summed E-state index contributed by atoms with van der Waals surface area (Å²) in [5, 5.41) is 7.66. The molecule has 1 aliphatic carbocycles. The van der Waals surface area contributed by atoms with Crippen molar-refractivity contribution in [2.24, 2.45) is 11.8 Å². The van der Waals surface area contributed by atoms with E-state index in [0.29, 0.717) is 41.0 Å². The van der Waals surface area contributed by atoms with Crippen molar-refractivity contribution in [3.05, 3.63) is 91.8 Å². The van der Waals surface area contributed by atoms with Crippen molar-refractivity contribution in [2.75, 3.05) is 55.9 Å². The second-order valence-corrected chi connectivity index (χ2v) is 13.1. The van der Waals surface area contributed by atoms with Crippen LogP contribution in [0.5, 0.6) is 5.75 Å². The van der Waals surface area contributed by atoms with E-state index in [1.54, 1.807) is 7.11 Å².